The summed E-state index contributed by atoms with van der Waals surface area (Å²) in [6.07, 6.45) is 6.15. The molecular formula is C14H19N3O. The Morgan fingerprint density at radius 2 is 2.28 bits per heavy atom. The normalized spacial score (nSPS) is 10.3. The Kier molecular flexibility index (Phi) is 4.23. The Bertz CT molecular complexity index is 493. The Labute approximate surface area is 108 Å². The lowest BCUT2D eigenvalue weighted by atomic mass is 10.3. The number of ether oxygens (including phenoxy) is 1. The first-order valence-electron chi connectivity index (χ1n) is 6.25. The standard InChI is InChI=1S/C14H19N3O/c1-3-4-9-17-10-8-15-14(17)16-12-6-5-7-13(11-12)18-2/h5-8,10-11H,3-4,9H2,1-2H3,(H,15,16). The highest BCUT2D eigenvalue weighted by Gasteiger charge is 2.03. The topological polar surface area (TPSA) is 39.1 Å². The van der Waals surface area contributed by atoms with Crippen LogP contribution in [0.5, 0.6) is 5.75 Å². The van der Waals surface area contributed by atoms with Gasteiger partial charge < -0.3 is 14.6 Å². The molecule has 0 atom stereocenters. The molecular weight excluding hydrogens is 226 g/mol. The van der Waals surface area contributed by atoms with Crippen molar-refractivity contribution in [3.8, 4) is 5.75 Å². The van der Waals surface area contributed by atoms with Crippen molar-refractivity contribution in [3.63, 3.8) is 0 Å². The van der Waals surface area contributed by atoms with E-state index in [0.29, 0.717) is 0 Å². The molecule has 0 bridgehead atoms. The molecule has 0 fully saturated rings. The number of benzene rings is 1. The van der Waals surface area contributed by atoms with Crippen molar-refractivity contribution in [2.75, 3.05) is 12.4 Å². The molecule has 0 spiro atoms. The third-order valence-corrected chi connectivity index (χ3v) is 2.79. The summed E-state index contributed by atoms with van der Waals surface area (Å²) in [5.41, 5.74) is 0.985. The molecule has 0 unspecified atom stereocenters. The number of hydrogen-bond acceptors (Lipinski definition) is 3. The molecule has 0 aliphatic carbocycles. The molecule has 18 heavy (non-hydrogen) atoms. The smallest absolute Gasteiger partial charge is 0.207 e. The van der Waals surface area contributed by atoms with E-state index in [2.05, 4.69) is 21.8 Å². The van der Waals surface area contributed by atoms with Crippen molar-refractivity contribution in [1.82, 2.24) is 9.55 Å². The summed E-state index contributed by atoms with van der Waals surface area (Å²) < 4.78 is 7.33. The third kappa shape index (κ3) is 3.03. The number of rotatable bonds is 6. The number of aromatic nitrogens is 2. The zero-order chi connectivity index (χ0) is 12.8. The largest absolute Gasteiger partial charge is 0.497 e. The average molecular weight is 245 g/mol. The van der Waals surface area contributed by atoms with Crippen LogP contribution >= 0.6 is 0 Å². The maximum Gasteiger partial charge on any atom is 0.207 e. The fraction of sp³-hybridized carbons (Fsp3) is 0.357. The first kappa shape index (κ1) is 12.5. The summed E-state index contributed by atoms with van der Waals surface area (Å²) in [7, 11) is 1.67. The maximum atomic E-state index is 5.20. The first-order valence-corrected chi connectivity index (χ1v) is 6.25. The Morgan fingerprint density at radius 3 is 3.06 bits per heavy atom. The van der Waals surface area contributed by atoms with Crippen LogP contribution in [-0.2, 0) is 6.54 Å². The Balaban J connectivity index is 2.10. The average Bonchev–Trinajstić information content (AvgIpc) is 2.84. The number of methoxy groups -OCH3 is 1. The number of anilines is 2. The van der Waals surface area contributed by atoms with Crippen molar-refractivity contribution >= 4 is 11.6 Å². The molecule has 1 aromatic carbocycles. The van der Waals surface area contributed by atoms with Crippen LogP contribution in [0.4, 0.5) is 11.6 Å². The molecule has 2 aromatic rings. The van der Waals surface area contributed by atoms with E-state index >= 15 is 0 Å². The van der Waals surface area contributed by atoms with E-state index in [9.17, 15) is 0 Å². The van der Waals surface area contributed by atoms with Gasteiger partial charge in [0.05, 0.1) is 7.11 Å². The van der Waals surface area contributed by atoms with Gasteiger partial charge in [-0.2, -0.15) is 0 Å². The van der Waals surface area contributed by atoms with Crippen LogP contribution in [0.3, 0.4) is 0 Å². The predicted molar refractivity (Wildman–Crippen MR) is 73.4 cm³/mol. The van der Waals surface area contributed by atoms with E-state index in [1.807, 2.05) is 36.7 Å². The van der Waals surface area contributed by atoms with Gasteiger partial charge in [0.2, 0.25) is 5.95 Å². The fourth-order valence-corrected chi connectivity index (χ4v) is 1.77. The van der Waals surface area contributed by atoms with E-state index in [1.54, 1.807) is 7.11 Å². The zero-order valence-electron chi connectivity index (χ0n) is 10.9. The van der Waals surface area contributed by atoms with Crippen LogP contribution in [0.2, 0.25) is 0 Å². The van der Waals surface area contributed by atoms with Gasteiger partial charge in [-0.05, 0) is 18.6 Å². The molecule has 0 saturated heterocycles. The minimum Gasteiger partial charge on any atom is -0.497 e. The fourth-order valence-electron chi connectivity index (χ4n) is 1.77. The van der Waals surface area contributed by atoms with Gasteiger partial charge in [-0.25, -0.2) is 4.98 Å². The Hall–Kier alpha value is -1.97. The van der Waals surface area contributed by atoms with Crippen molar-refractivity contribution in [1.29, 1.82) is 0 Å². The number of nitrogens with one attached hydrogen (secondary N) is 1. The highest BCUT2D eigenvalue weighted by atomic mass is 16.5. The van der Waals surface area contributed by atoms with Gasteiger partial charge in [0.15, 0.2) is 0 Å². The highest BCUT2D eigenvalue weighted by molar-refractivity contribution is 5.56. The SMILES string of the molecule is CCCCn1ccnc1Nc1cccc(OC)c1. The van der Waals surface area contributed by atoms with Crippen LogP contribution < -0.4 is 10.1 Å². The predicted octanol–water partition coefficient (Wildman–Crippen LogP) is 3.44. The molecule has 4 heteroatoms. The van der Waals surface area contributed by atoms with Gasteiger partial charge in [0, 0.05) is 30.7 Å². The summed E-state index contributed by atoms with van der Waals surface area (Å²) in [6.45, 7) is 3.18. The quantitative estimate of drug-likeness (QED) is 0.847. The number of imidazole rings is 1. The van der Waals surface area contributed by atoms with Gasteiger partial charge in [-0.3, -0.25) is 0 Å². The minimum absolute atomic E-state index is 0.840. The van der Waals surface area contributed by atoms with Crippen molar-refractivity contribution < 1.29 is 4.74 Å². The van der Waals surface area contributed by atoms with Gasteiger partial charge in [0.1, 0.15) is 5.75 Å². The minimum atomic E-state index is 0.840. The third-order valence-electron chi connectivity index (χ3n) is 2.79. The van der Waals surface area contributed by atoms with Gasteiger partial charge in [-0.15, -0.1) is 0 Å². The summed E-state index contributed by atoms with van der Waals surface area (Å²) in [4.78, 5) is 4.33. The molecule has 0 saturated carbocycles. The number of aryl methyl sites for hydroxylation is 1. The monoisotopic (exact) mass is 245 g/mol. The van der Waals surface area contributed by atoms with Crippen LogP contribution in [-0.4, -0.2) is 16.7 Å². The second-order valence-electron chi connectivity index (χ2n) is 4.15. The molecule has 0 aliphatic rings. The first-order chi connectivity index (χ1) is 8.83. The summed E-state index contributed by atoms with van der Waals surface area (Å²) in [5.74, 6) is 1.71. The molecule has 1 heterocycles. The lowest BCUT2D eigenvalue weighted by Crippen LogP contribution is -2.03. The summed E-state index contributed by atoms with van der Waals surface area (Å²) in [6, 6.07) is 7.84. The van der Waals surface area contributed by atoms with E-state index in [-0.39, 0.29) is 0 Å². The highest BCUT2D eigenvalue weighted by Crippen LogP contribution is 2.20. The zero-order valence-corrected chi connectivity index (χ0v) is 10.9. The lowest BCUT2D eigenvalue weighted by molar-refractivity contribution is 0.415. The van der Waals surface area contributed by atoms with Crippen LogP contribution in [0.15, 0.2) is 36.7 Å². The molecule has 96 valence electrons. The van der Waals surface area contributed by atoms with E-state index in [4.69, 9.17) is 4.74 Å². The molecule has 1 aromatic heterocycles. The number of unbranched alkanes of at least 4 members (excludes halogenated alkanes) is 1. The van der Waals surface area contributed by atoms with Crippen molar-refractivity contribution in [3.05, 3.63) is 36.7 Å². The molecule has 0 aliphatic heterocycles. The molecule has 2 rings (SSSR count). The summed E-state index contributed by atoms with van der Waals surface area (Å²) >= 11 is 0. The second kappa shape index (κ2) is 6.10. The van der Waals surface area contributed by atoms with E-state index in [0.717, 1.165) is 30.4 Å². The summed E-state index contributed by atoms with van der Waals surface area (Å²) in [5, 5.41) is 3.31. The van der Waals surface area contributed by atoms with Crippen molar-refractivity contribution in [2.24, 2.45) is 0 Å². The second-order valence-corrected chi connectivity index (χ2v) is 4.15. The molecule has 1 N–H and O–H groups in total. The molecule has 4 nitrogen and oxygen atoms in total. The Morgan fingerprint density at radius 1 is 1.39 bits per heavy atom. The van der Waals surface area contributed by atoms with E-state index < -0.39 is 0 Å². The number of hydrogen-bond donors (Lipinski definition) is 1. The number of nitrogens with zero attached hydrogens (tertiary/aromatic N) is 2. The van der Waals surface area contributed by atoms with E-state index in [1.165, 1.54) is 6.42 Å². The lowest BCUT2D eigenvalue weighted by Gasteiger charge is -2.10. The van der Waals surface area contributed by atoms with Crippen LogP contribution in [0, 0.1) is 0 Å². The molecule has 0 amide bonds. The molecule has 0 radical (unpaired) electrons. The van der Waals surface area contributed by atoms with Gasteiger partial charge in [-0.1, -0.05) is 19.4 Å². The van der Waals surface area contributed by atoms with Gasteiger partial charge >= 0.3 is 0 Å². The maximum absolute atomic E-state index is 5.20. The van der Waals surface area contributed by atoms with Crippen LogP contribution in [0.25, 0.3) is 0 Å². The van der Waals surface area contributed by atoms with Crippen LogP contribution in [0.1, 0.15) is 19.8 Å². The van der Waals surface area contributed by atoms with Crippen molar-refractivity contribution in [2.45, 2.75) is 26.3 Å². The van der Waals surface area contributed by atoms with Gasteiger partial charge in [0.25, 0.3) is 0 Å².